The highest BCUT2D eigenvalue weighted by atomic mass is 15.0. The van der Waals surface area contributed by atoms with Crippen LogP contribution in [0.4, 0.5) is 0 Å². The maximum absolute atomic E-state index is 4.95. The second kappa shape index (κ2) is 9.30. The summed E-state index contributed by atoms with van der Waals surface area (Å²) in [6, 6.07) is 39.0. The lowest BCUT2D eigenvalue weighted by atomic mass is 10.1. The van der Waals surface area contributed by atoms with Crippen LogP contribution in [0.5, 0.6) is 0 Å². The van der Waals surface area contributed by atoms with Crippen molar-refractivity contribution in [1.82, 2.24) is 24.9 Å². The Morgan fingerprint density at radius 2 is 0.763 bits per heavy atom. The van der Waals surface area contributed by atoms with Crippen molar-refractivity contribution in [2.75, 3.05) is 0 Å². The van der Waals surface area contributed by atoms with Crippen LogP contribution in [-0.4, -0.2) is 24.9 Å². The highest BCUT2D eigenvalue weighted by molar-refractivity contribution is 5.88. The highest BCUT2D eigenvalue weighted by Crippen LogP contribution is 2.29. The SMILES string of the molecule is c1cnc(-c2cccc(-c3nc(-c4ccc5ccccc5c4)nc(-c4ccc5ccccc5c4)n3)c2)nc1. The molecule has 0 N–H and O–H groups in total. The number of nitrogens with zero attached hydrogens (tertiary/aromatic N) is 5. The lowest BCUT2D eigenvalue weighted by Crippen LogP contribution is -2.00. The van der Waals surface area contributed by atoms with Gasteiger partial charge in [0.05, 0.1) is 0 Å². The Morgan fingerprint density at radius 1 is 0.316 bits per heavy atom. The van der Waals surface area contributed by atoms with Crippen molar-refractivity contribution in [2.45, 2.75) is 0 Å². The Morgan fingerprint density at radius 3 is 1.29 bits per heavy atom. The molecule has 0 spiro atoms. The molecule has 2 heterocycles. The zero-order chi connectivity index (χ0) is 25.3. The second-order valence-electron chi connectivity index (χ2n) is 9.08. The quantitative estimate of drug-likeness (QED) is 0.255. The van der Waals surface area contributed by atoms with Crippen LogP contribution in [0, 0.1) is 0 Å². The van der Waals surface area contributed by atoms with Crippen LogP contribution >= 0.6 is 0 Å². The summed E-state index contributed by atoms with van der Waals surface area (Å²) in [4.78, 5) is 23.6. The van der Waals surface area contributed by atoms with Crippen molar-refractivity contribution in [2.24, 2.45) is 0 Å². The van der Waals surface area contributed by atoms with E-state index in [1.54, 1.807) is 12.4 Å². The third kappa shape index (κ3) is 4.16. The molecule has 0 aliphatic rings. The molecule has 0 atom stereocenters. The lowest BCUT2D eigenvalue weighted by Gasteiger charge is -2.10. The van der Waals surface area contributed by atoms with Gasteiger partial charge >= 0.3 is 0 Å². The molecule has 0 amide bonds. The molecular weight excluding hydrogens is 466 g/mol. The predicted molar refractivity (Wildman–Crippen MR) is 152 cm³/mol. The van der Waals surface area contributed by atoms with Crippen molar-refractivity contribution in [3.8, 4) is 45.6 Å². The first-order valence-corrected chi connectivity index (χ1v) is 12.4. The predicted octanol–water partition coefficient (Wildman–Crippen LogP) is 7.64. The van der Waals surface area contributed by atoms with Gasteiger partial charge in [0.2, 0.25) is 0 Å². The summed E-state index contributed by atoms with van der Waals surface area (Å²) in [5, 5.41) is 4.64. The first kappa shape index (κ1) is 21.9. The van der Waals surface area contributed by atoms with Crippen LogP contribution < -0.4 is 0 Å². The van der Waals surface area contributed by atoms with E-state index in [-0.39, 0.29) is 0 Å². The minimum absolute atomic E-state index is 0.601. The number of hydrogen-bond acceptors (Lipinski definition) is 5. The molecule has 5 aromatic carbocycles. The van der Waals surface area contributed by atoms with Crippen LogP contribution in [0.15, 0.2) is 128 Å². The Balaban J connectivity index is 1.42. The number of benzene rings is 5. The number of rotatable bonds is 4. The fourth-order valence-electron chi connectivity index (χ4n) is 4.67. The van der Waals surface area contributed by atoms with E-state index in [4.69, 9.17) is 15.0 Å². The summed E-state index contributed by atoms with van der Waals surface area (Å²) in [7, 11) is 0. The van der Waals surface area contributed by atoms with Gasteiger partial charge < -0.3 is 0 Å². The van der Waals surface area contributed by atoms with Gasteiger partial charge in [0.15, 0.2) is 23.3 Å². The summed E-state index contributed by atoms with van der Waals surface area (Å²) in [6.45, 7) is 0. The summed E-state index contributed by atoms with van der Waals surface area (Å²) >= 11 is 0. The minimum atomic E-state index is 0.601. The molecule has 5 heteroatoms. The van der Waals surface area contributed by atoms with Gasteiger partial charge in [-0.25, -0.2) is 24.9 Å². The van der Waals surface area contributed by atoms with Crippen molar-refractivity contribution >= 4 is 21.5 Å². The first-order valence-electron chi connectivity index (χ1n) is 12.4. The van der Waals surface area contributed by atoms with E-state index in [0.717, 1.165) is 33.0 Å². The summed E-state index contributed by atoms with van der Waals surface area (Å²) < 4.78 is 0. The van der Waals surface area contributed by atoms with E-state index in [9.17, 15) is 0 Å². The largest absolute Gasteiger partial charge is 0.237 e. The fourth-order valence-corrected chi connectivity index (χ4v) is 4.67. The maximum atomic E-state index is 4.95. The van der Waals surface area contributed by atoms with Crippen LogP contribution in [0.2, 0.25) is 0 Å². The minimum Gasteiger partial charge on any atom is -0.237 e. The molecule has 0 radical (unpaired) electrons. The normalized spacial score (nSPS) is 11.2. The van der Waals surface area contributed by atoms with E-state index in [1.807, 2.05) is 54.6 Å². The third-order valence-electron chi connectivity index (χ3n) is 6.60. The molecule has 0 unspecified atom stereocenters. The second-order valence-corrected chi connectivity index (χ2v) is 9.08. The van der Waals surface area contributed by atoms with Crippen LogP contribution in [-0.2, 0) is 0 Å². The molecule has 0 saturated heterocycles. The smallest absolute Gasteiger partial charge is 0.164 e. The zero-order valence-corrected chi connectivity index (χ0v) is 20.4. The molecule has 38 heavy (non-hydrogen) atoms. The zero-order valence-electron chi connectivity index (χ0n) is 20.4. The molecule has 0 aliphatic carbocycles. The Kier molecular flexibility index (Phi) is 5.37. The summed E-state index contributed by atoms with van der Waals surface area (Å²) in [6.07, 6.45) is 3.49. The van der Waals surface area contributed by atoms with Crippen LogP contribution in [0.1, 0.15) is 0 Å². The average molecular weight is 488 g/mol. The van der Waals surface area contributed by atoms with E-state index in [1.165, 1.54) is 10.8 Å². The van der Waals surface area contributed by atoms with Gasteiger partial charge in [0.25, 0.3) is 0 Å². The topological polar surface area (TPSA) is 64.5 Å². The third-order valence-corrected chi connectivity index (χ3v) is 6.60. The number of aromatic nitrogens is 5. The van der Waals surface area contributed by atoms with Crippen molar-refractivity contribution < 1.29 is 0 Å². The van der Waals surface area contributed by atoms with Gasteiger partial charge in [-0.2, -0.15) is 0 Å². The fraction of sp³-hybridized carbons (Fsp3) is 0. The van der Waals surface area contributed by atoms with Crippen molar-refractivity contribution in [1.29, 1.82) is 0 Å². The molecule has 0 aliphatic heterocycles. The van der Waals surface area contributed by atoms with E-state index in [0.29, 0.717) is 23.3 Å². The highest BCUT2D eigenvalue weighted by Gasteiger charge is 2.14. The van der Waals surface area contributed by atoms with Crippen molar-refractivity contribution in [3.63, 3.8) is 0 Å². The molecule has 0 fully saturated rings. The molecule has 0 saturated carbocycles. The molecule has 178 valence electrons. The van der Waals surface area contributed by atoms with E-state index >= 15 is 0 Å². The Bertz CT molecular complexity index is 1830. The van der Waals surface area contributed by atoms with Gasteiger partial charge in [-0.3, -0.25) is 0 Å². The standard InChI is InChI=1S/C33H21N5/c1-3-9-24-19-28(15-13-22(24)7-1)32-36-31(27-12-5-11-26(21-27)30-34-17-6-18-35-30)37-33(38-32)29-16-14-23-8-2-4-10-25(23)20-29/h1-21H. The maximum Gasteiger partial charge on any atom is 0.164 e. The van der Waals surface area contributed by atoms with Gasteiger partial charge in [0.1, 0.15) is 0 Å². The van der Waals surface area contributed by atoms with Crippen LogP contribution in [0.25, 0.3) is 67.1 Å². The van der Waals surface area contributed by atoms with Crippen molar-refractivity contribution in [3.05, 3.63) is 128 Å². The first-order chi connectivity index (χ1) is 18.8. The van der Waals surface area contributed by atoms with Crippen LogP contribution in [0.3, 0.4) is 0 Å². The number of hydrogen-bond donors (Lipinski definition) is 0. The molecule has 0 bridgehead atoms. The average Bonchev–Trinajstić information content (AvgIpc) is 3.01. The Hall–Kier alpha value is -5.29. The summed E-state index contributed by atoms with van der Waals surface area (Å²) in [5.41, 5.74) is 3.67. The Labute approximate surface area is 219 Å². The van der Waals surface area contributed by atoms with Gasteiger partial charge in [-0.15, -0.1) is 0 Å². The summed E-state index contributed by atoms with van der Waals surface area (Å²) in [5.74, 6) is 2.52. The monoisotopic (exact) mass is 487 g/mol. The number of fused-ring (bicyclic) bond motifs is 2. The van der Waals surface area contributed by atoms with Gasteiger partial charge in [-0.1, -0.05) is 91.0 Å². The van der Waals surface area contributed by atoms with E-state index in [2.05, 4.69) is 70.6 Å². The van der Waals surface area contributed by atoms with E-state index < -0.39 is 0 Å². The lowest BCUT2D eigenvalue weighted by molar-refractivity contribution is 1.07. The molecule has 2 aromatic heterocycles. The molecule has 7 rings (SSSR count). The molecule has 5 nitrogen and oxygen atoms in total. The molecular formula is C33H21N5. The van der Waals surface area contributed by atoms with Gasteiger partial charge in [0, 0.05) is 34.6 Å². The van der Waals surface area contributed by atoms with Gasteiger partial charge in [-0.05, 0) is 45.8 Å². The molecule has 7 aromatic rings.